The van der Waals surface area contributed by atoms with Gasteiger partial charge in [-0.3, -0.25) is 13.9 Å². The summed E-state index contributed by atoms with van der Waals surface area (Å²) in [7, 11) is -2.66. The van der Waals surface area contributed by atoms with E-state index in [-0.39, 0.29) is 29.1 Å². The van der Waals surface area contributed by atoms with Gasteiger partial charge in [-0.25, -0.2) is 12.8 Å². The van der Waals surface area contributed by atoms with Gasteiger partial charge < -0.3 is 15.0 Å². The highest BCUT2D eigenvalue weighted by molar-refractivity contribution is 7.92. The first kappa shape index (κ1) is 32.0. The number of anilines is 1. The number of benzene rings is 3. The van der Waals surface area contributed by atoms with Gasteiger partial charge in [-0.1, -0.05) is 56.0 Å². The topological polar surface area (TPSA) is 96.0 Å². The molecule has 3 aromatic carbocycles. The van der Waals surface area contributed by atoms with Gasteiger partial charge in [0.15, 0.2) is 0 Å². The van der Waals surface area contributed by atoms with E-state index in [9.17, 15) is 22.4 Å². The number of ether oxygens (including phenoxy) is 1. The Labute approximate surface area is 253 Å². The van der Waals surface area contributed by atoms with Gasteiger partial charge in [-0.15, -0.1) is 0 Å². The standard InChI is InChI=1S/C33H40FN3O5S/c1-4-31(33(39)35-27-8-6-5-7-9-27)36(22-25-12-18-29(42-3)19-13-25)32(38)23-37(28-16-14-26(34)15-17-28)43(40,41)30-20-10-24(2)11-21-30/h10-21,27,31H,4-9,22-23H2,1-3H3,(H,35,39)/t31-/m0/s1. The summed E-state index contributed by atoms with van der Waals surface area (Å²) in [5, 5.41) is 3.14. The third-order valence-electron chi connectivity index (χ3n) is 7.85. The summed E-state index contributed by atoms with van der Waals surface area (Å²) in [6.45, 7) is 3.19. The second kappa shape index (κ2) is 14.5. The number of methoxy groups -OCH3 is 1. The first-order valence-electron chi connectivity index (χ1n) is 14.7. The highest BCUT2D eigenvalue weighted by Crippen LogP contribution is 2.26. The van der Waals surface area contributed by atoms with Gasteiger partial charge in [0, 0.05) is 12.6 Å². The summed E-state index contributed by atoms with van der Waals surface area (Å²) in [5.41, 5.74) is 1.77. The first-order chi connectivity index (χ1) is 20.6. The molecular formula is C33H40FN3O5S. The van der Waals surface area contributed by atoms with Crippen molar-refractivity contribution >= 4 is 27.5 Å². The van der Waals surface area contributed by atoms with Crippen molar-refractivity contribution in [3.05, 3.63) is 89.7 Å². The van der Waals surface area contributed by atoms with Gasteiger partial charge in [0.1, 0.15) is 24.2 Å². The van der Waals surface area contributed by atoms with E-state index < -0.39 is 34.3 Å². The second-order valence-corrected chi connectivity index (χ2v) is 12.8. The van der Waals surface area contributed by atoms with Crippen molar-refractivity contribution in [3.8, 4) is 5.75 Å². The molecule has 43 heavy (non-hydrogen) atoms. The highest BCUT2D eigenvalue weighted by Gasteiger charge is 2.34. The van der Waals surface area contributed by atoms with Crippen molar-refractivity contribution in [3.63, 3.8) is 0 Å². The molecule has 2 amide bonds. The Kier molecular flexibility index (Phi) is 10.8. The SMILES string of the molecule is CC[C@@H](C(=O)NC1CCCCC1)N(Cc1ccc(OC)cc1)C(=O)CN(c1ccc(F)cc1)S(=O)(=O)c1ccc(C)cc1. The minimum atomic E-state index is -4.22. The van der Waals surface area contributed by atoms with E-state index in [4.69, 9.17) is 4.74 Å². The number of halogens is 1. The summed E-state index contributed by atoms with van der Waals surface area (Å²) >= 11 is 0. The van der Waals surface area contributed by atoms with Crippen LogP contribution in [-0.2, 0) is 26.2 Å². The van der Waals surface area contributed by atoms with Crippen LogP contribution in [0.2, 0.25) is 0 Å². The zero-order valence-electron chi connectivity index (χ0n) is 25.0. The maximum Gasteiger partial charge on any atom is 0.264 e. The van der Waals surface area contributed by atoms with Crippen LogP contribution in [0.3, 0.4) is 0 Å². The molecule has 3 aromatic rings. The Hall–Kier alpha value is -3.92. The molecule has 1 saturated carbocycles. The Morgan fingerprint density at radius 3 is 2.16 bits per heavy atom. The normalized spacial score (nSPS) is 14.5. The molecule has 1 N–H and O–H groups in total. The lowest BCUT2D eigenvalue weighted by Gasteiger charge is -2.34. The van der Waals surface area contributed by atoms with E-state index >= 15 is 0 Å². The molecule has 0 heterocycles. The quantitative estimate of drug-likeness (QED) is 0.289. The first-order valence-corrected chi connectivity index (χ1v) is 16.1. The maximum absolute atomic E-state index is 14.2. The largest absolute Gasteiger partial charge is 0.497 e. The van der Waals surface area contributed by atoms with Crippen molar-refractivity contribution < 1.29 is 27.1 Å². The van der Waals surface area contributed by atoms with Crippen LogP contribution in [-0.4, -0.2) is 50.9 Å². The number of aryl methyl sites for hydroxylation is 1. The smallest absolute Gasteiger partial charge is 0.264 e. The van der Waals surface area contributed by atoms with Gasteiger partial charge in [0.05, 0.1) is 17.7 Å². The van der Waals surface area contributed by atoms with E-state index in [2.05, 4.69) is 5.32 Å². The van der Waals surface area contributed by atoms with E-state index in [0.29, 0.717) is 12.2 Å². The van der Waals surface area contributed by atoms with Crippen molar-refractivity contribution in [1.29, 1.82) is 0 Å². The van der Waals surface area contributed by atoms with Crippen molar-refractivity contribution in [1.82, 2.24) is 10.2 Å². The number of nitrogens with zero attached hydrogens (tertiary/aromatic N) is 2. The van der Waals surface area contributed by atoms with Crippen molar-refractivity contribution in [2.45, 2.75) is 75.9 Å². The molecule has 0 radical (unpaired) electrons. The third kappa shape index (κ3) is 8.13. The molecule has 1 atom stereocenters. The molecule has 0 bridgehead atoms. The van der Waals surface area contributed by atoms with Crippen molar-refractivity contribution in [2.75, 3.05) is 18.0 Å². The van der Waals surface area contributed by atoms with Gasteiger partial charge in [0.25, 0.3) is 10.0 Å². The molecule has 0 aliphatic heterocycles. The van der Waals surface area contributed by atoms with Gasteiger partial charge in [-0.2, -0.15) is 0 Å². The zero-order valence-corrected chi connectivity index (χ0v) is 25.8. The number of hydrogen-bond acceptors (Lipinski definition) is 5. The molecule has 0 spiro atoms. The number of carbonyl (C=O) groups is 2. The highest BCUT2D eigenvalue weighted by atomic mass is 32.2. The lowest BCUT2D eigenvalue weighted by atomic mass is 9.95. The lowest BCUT2D eigenvalue weighted by molar-refractivity contribution is -0.140. The summed E-state index contributed by atoms with van der Waals surface area (Å²) in [6.07, 6.45) is 5.34. The molecule has 10 heteroatoms. The molecule has 0 saturated heterocycles. The average molecular weight is 610 g/mol. The number of rotatable bonds is 12. The lowest BCUT2D eigenvalue weighted by Crippen LogP contribution is -2.54. The molecule has 1 aliphatic rings. The van der Waals surface area contributed by atoms with Crippen LogP contribution in [0.4, 0.5) is 10.1 Å². The number of hydrogen-bond donors (Lipinski definition) is 1. The van der Waals surface area contributed by atoms with Gasteiger partial charge in [-0.05, 0) is 80.3 Å². The summed E-state index contributed by atoms with van der Waals surface area (Å²) in [6, 6.07) is 17.7. The molecule has 0 unspecified atom stereocenters. The van der Waals surface area contributed by atoms with Gasteiger partial charge >= 0.3 is 0 Å². The Balaban J connectivity index is 1.70. The molecular weight excluding hydrogens is 569 g/mol. The molecule has 8 nitrogen and oxygen atoms in total. The van der Waals surface area contributed by atoms with E-state index in [1.807, 2.05) is 26.0 Å². The van der Waals surface area contributed by atoms with Crippen LogP contribution >= 0.6 is 0 Å². The van der Waals surface area contributed by atoms with E-state index in [1.165, 1.54) is 29.2 Å². The van der Waals surface area contributed by atoms with Crippen LogP contribution in [0.5, 0.6) is 5.75 Å². The average Bonchev–Trinajstić information content (AvgIpc) is 3.01. The van der Waals surface area contributed by atoms with Crippen LogP contribution in [0.1, 0.15) is 56.6 Å². The minimum Gasteiger partial charge on any atom is -0.497 e. The fourth-order valence-corrected chi connectivity index (χ4v) is 6.78. The summed E-state index contributed by atoms with van der Waals surface area (Å²) in [5.74, 6) is -0.697. The van der Waals surface area contributed by atoms with Crippen LogP contribution in [0, 0.1) is 12.7 Å². The summed E-state index contributed by atoms with van der Waals surface area (Å²) < 4.78 is 47.9. The minimum absolute atomic E-state index is 0.000914. The summed E-state index contributed by atoms with van der Waals surface area (Å²) in [4.78, 5) is 29.3. The number of sulfonamides is 1. The fourth-order valence-electron chi connectivity index (χ4n) is 5.36. The van der Waals surface area contributed by atoms with Crippen LogP contribution in [0.15, 0.2) is 77.7 Å². The van der Waals surface area contributed by atoms with E-state index in [0.717, 1.165) is 59.7 Å². The van der Waals surface area contributed by atoms with Crippen LogP contribution < -0.4 is 14.4 Å². The molecule has 1 fully saturated rings. The Morgan fingerprint density at radius 1 is 0.953 bits per heavy atom. The predicted molar refractivity (Wildman–Crippen MR) is 165 cm³/mol. The fraction of sp³-hybridized carbons (Fsp3) is 0.394. The number of amides is 2. The molecule has 230 valence electrons. The third-order valence-corrected chi connectivity index (χ3v) is 9.64. The van der Waals surface area contributed by atoms with E-state index in [1.54, 1.807) is 31.4 Å². The number of carbonyl (C=O) groups excluding carboxylic acids is 2. The molecule has 4 rings (SSSR count). The second-order valence-electron chi connectivity index (χ2n) is 10.9. The van der Waals surface area contributed by atoms with Gasteiger partial charge in [0.2, 0.25) is 11.8 Å². The molecule has 0 aromatic heterocycles. The zero-order chi connectivity index (χ0) is 31.0. The predicted octanol–water partition coefficient (Wildman–Crippen LogP) is 5.59. The molecule has 1 aliphatic carbocycles. The Bertz CT molecular complexity index is 1470. The Morgan fingerprint density at radius 2 is 1.58 bits per heavy atom. The number of nitrogens with one attached hydrogen (secondary N) is 1. The van der Waals surface area contributed by atoms with Crippen molar-refractivity contribution in [2.24, 2.45) is 0 Å². The monoisotopic (exact) mass is 609 g/mol. The maximum atomic E-state index is 14.2. The van der Waals surface area contributed by atoms with Crippen LogP contribution in [0.25, 0.3) is 0 Å².